The molecule has 2 aromatic carbocycles. The summed E-state index contributed by atoms with van der Waals surface area (Å²) in [5.74, 6) is 0.0755. The third-order valence-corrected chi connectivity index (χ3v) is 6.39. The van der Waals surface area contributed by atoms with Gasteiger partial charge in [0.25, 0.3) is 0 Å². The van der Waals surface area contributed by atoms with Gasteiger partial charge in [0, 0.05) is 47.5 Å². The van der Waals surface area contributed by atoms with Gasteiger partial charge in [-0.05, 0) is 69.0 Å². The Hall–Kier alpha value is -3.74. The maximum absolute atomic E-state index is 12.7. The van der Waals surface area contributed by atoms with Crippen molar-refractivity contribution in [2.24, 2.45) is 0 Å². The van der Waals surface area contributed by atoms with Crippen LogP contribution in [0.4, 0.5) is 11.4 Å². The minimum atomic E-state index is -0.0679. The van der Waals surface area contributed by atoms with Gasteiger partial charge in [-0.15, -0.1) is 0 Å². The highest BCUT2D eigenvalue weighted by Gasteiger charge is 2.20. The van der Waals surface area contributed by atoms with Crippen molar-refractivity contribution in [2.45, 2.75) is 46.0 Å². The van der Waals surface area contributed by atoms with Crippen molar-refractivity contribution < 1.29 is 9.59 Å². The molecule has 0 aliphatic carbocycles. The Morgan fingerprint density at radius 1 is 1.09 bits per heavy atom. The van der Waals surface area contributed by atoms with Crippen LogP contribution in [-0.4, -0.2) is 33.0 Å². The molecule has 1 fully saturated rings. The van der Waals surface area contributed by atoms with Crippen molar-refractivity contribution in [2.75, 3.05) is 16.8 Å². The first-order chi connectivity index (χ1) is 16.0. The van der Waals surface area contributed by atoms with Gasteiger partial charge in [-0.25, -0.2) is 9.50 Å². The molecule has 1 N–H and O–H groups in total. The smallest absolute Gasteiger partial charge is 0.226 e. The van der Waals surface area contributed by atoms with E-state index in [1.54, 1.807) is 4.90 Å². The van der Waals surface area contributed by atoms with Crippen molar-refractivity contribution in [1.29, 1.82) is 0 Å². The van der Waals surface area contributed by atoms with Gasteiger partial charge in [-0.1, -0.05) is 18.2 Å². The van der Waals surface area contributed by atoms with Crippen LogP contribution in [0.5, 0.6) is 0 Å². The van der Waals surface area contributed by atoms with Gasteiger partial charge in [0.2, 0.25) is 11.8 Å². The molecule has 7 heteroatoms. The molecule has 2 amide bonds. The second-order valence-corrected chi connectivity index (χ2v) is 8.61. The fourth-order valence-electron chi connectivity index (χ4n) is 4.63. The van der Waals surface area contributed by atoms with Crippen molar-refractivity contribution in [3.63, 3.8) is 0 Å². The summed E-state index contributed by atoms with van der Waals surface area (Å²) in [6, 6.07) is 15.5. The summed E-state index contributed by atoms with van der Waals surface area (Å²) in [6.45, 7) is 4.74. The fraction of sp³-hybridized carbons (Fsp3) is 0.308. The van der Waals surface area contributed by atoms with E-state index < -0.39 is 0 Å². The maximum atomic E-state index is 12.7. The molecule has 1 aliphatic rings. The third-order valence-electron chi connectivity index (χ3n) is 6.39. The number of carbonyl (C=O) groups is 2. The average Bonchev–Trinajstić information content (AvgIpc) is 3.18. The lowest BCUT2D eigenvalue weighted by molar-refractivity contribution is -0.119. The van der Waals surface area contributed by atoms with Crippen LogP contribution >= 0.6 is 0 Å². The molecule has 0 bridgehead atoms. The number of fused-ring (bicyclic) bond motifs is 3. The number of amides is 2. The number of aromatic nitrogens is 3. The highest BCUT2D eigenvalue weighted by molar-refractivity contribution is 5.96. The van der Waals surface area contributed by atoms with Gasteiger partial charge in [0.15, 0.2) is 5.65 Å². The summed E-state index contributed by atoms with van der Waals surface area (Å²) >= 11 is 0. The Balaban J connectivity index is 1.31. The molecule has 1 saturated heterocycles. The minimum Gasteiger partial charge on any atom is -0.326 e. The fourth-order valence-corrected chi connectivity index (χ4v) is 4.63. The minimum absolute atomic E-state index is 0.0679. The molecule has 7 nitrogen and oxygen atoms in total. The van der Waals surface area contributed by atoms with Crippen molar-refractivity contribution in [1.82, 2.24) is 14.6 Å². The number of nitrogens with zero attached hydrogens (tertiary/aromatic N) is 4. The van der Waals surface area contributed by atoms with Crippen LogP contribution in [0.2, 0.25) is 0 Å². The number of carbonyl (C=O) groups excluding carboxylic acids is 2. The Kier molecular flexibility index (Phi) is 5.54. The molecular formula is C26H27N5O2. The molecule has 168 valence electrons. The molecule has 1 aliphatic heterocycles. The van der Waals surface area contributed by atoms with Crippen LogP contribution in [-0.2, 0) is 16.0 Å². The normalized spacial score (nSPS) is 14.2. The monoisotopic (exact) mass is 441 g/mol. The number of benzene rings is 2. The SMILES string of the molecule is Cc1nc2c3ccccc3nn2c(C)c1CCC(=O)Nc1cccc(N2CCCCC2=O)c1. The third kappa shape index (κ3) is 4.06. The predicted octanol–water partition coefficient (Wildman–Crippen LogP) is 4.59. The molecule has 2 aromatic heterocycles. The van der Waals surface area contributed by atoms with Crippen LogP contribution in [0.3, 0.4) is 0 Å². The highest BCUT2D eigenvalue weighted by Crippen LogP contribution is 2.25. The first-order valence-electron chi connectivity index (χ1n) is 11.4. The molecule has 33 heavy (non-hydrogen) atoms. The second kappa shape index (κ2) is 8.65. The highest BCUT2D eigenvalue weighted by atomic mass is 16.2. The zero-order valence-corrected chi connectivity index (χ0v) is 19.0. The summed E-state index contributed by atoms with van der Waals surface area (Å²) in [4.78, 5) is 31.6. The molecule has 4 aromatic rings. The van der Waals surface area contributed by atoms with Gasteiger partial charge in [0.05, 0.1) is 5.52 Å². The zero-order chi connectivity index (χ0) is 22.9. The molecular weight excluding hydrogens is 414 g/mol. The van der Waals surface area contributed by atoms with Crippen LogP contribution in [0.1, 0.15) is 42.6 Å². The molecule has 0 atom stereocenters. The molecule has 5 rings (SSSR count). The van der Waals surface area contributed by atoms with E-state index in [2.05, 4.69) is 5.32 Å². The number of nitrogens with one attached hydrogen (secondary N) is 1. The van der Waals surface area contributed by atoms with Crippen molar-refractivity contribution in [3.8, 4) is 0 Å². The second-order valence-electron chi connectivity index (χ2n) is 8.61. The number of hydrogen-bond donors (Lipinski definition) is 1. The molecule has 0 saturated carbocycles. The summed E-state index contributed by atoms with van der Waals surface area (Å²) in [6.07, 6.45) is 3.44. The standard InChI is InChI=1S/C26H27N5O2/c1-17-21(18(2)31-26(27-17)22-10-3-4-11-23(22)29-31)13-14-24(32)28-19-8-7-9-20(16-19)30-15-6-5-12-25(30)33/h3-4,7-11,16H,5-6,12-15H2,1-2H3,(H,28,32). The Bertz CT molecular complexity index is 1370. The van der Waals surface area contributed by atoms with Crippen LogP contribution in [0.15, 0.2) is 48.5 Å². The number of anilines is 2. The average molecular weight is 442 g/mol. The van der Waals surface area contributed by atoms with E-state index in [-0.39, 0.29) is 11.8 Å². The molecule has 3 heterocycles. The van der Waals surface area contributed by atoms with E-state index in [9.17, 15) is 9.59 Å². The quantitative estimate of drug-likeness (QED) is 0.491. The van der Waals surface area contributed by atoms with Gasteiger partial charge >= 0.3 is 0 Å². The van der Waals surface area contributed by atoms with Gasteiger partial charge in [-0.3, -0.25) is 9.59 Å². The van der Waals surface area contributed by atoms with E-state index in [0.717, 1.165) is 58.6 Å². The van der Waals surface area contributed by atoms with E-state index in [4.69, 9.17) is 10.1 Å². The Morgan fingerprint density at radius 2 is 1.94 bits per heavy atom. The maximum Gasteiger partial charge on any atom is 0.226 e. The number of aryl methyl sites for hydroxylation is 2. The number of hydrogen-bond acceptors (Lipinski definition) is 4. The Morgan fingerprint density at radius 3 is 2.79 bits per heavy atom. The summed E-state index contributed by atoms with van der Waals surface area (Å²) in [5.41, 5.74) is 6.27. The molecule has 0 radical (unpaired) electrons. The van der Waals surface area contributed by atoms with Crippen LogP contribution in [0, 0.1) is 13.8 Å². The van der Waals surface area contributed by atoms with Crippen LogP contribution in [0.25, 0.3) is 16.6 Å². The van der Waals surface area contributed by atoms with E-state index in [1.807, 2.05) is 66.9 Å². The Labute approximate surface area is 192 Å². The van der Waals surface area contributed by atoms with Gasteiger partial charge in [-0.2, -0.15) is 5.10 Å². The lowest BCUT2D eigenvalue weighted by Gasteiger charge is -2.27. The summed E-state index contributed by atoms with van der Waals surface area (Å²) in [7, 11) is 0. The number of rotatable bonds is 5. The predicted molar refractivity (Wildman–Crippen MR) is 130 cm³/mol. The lowest BCUT2D eigenvalue weighted by Crippen LogP contribution is -2.35. The van der Waals surface area contributed by atoms with E-state index in [0.29, 0.717) is 24.9 Å². The van der Waals surface area contributed by atoms with Crippen molar-refractivity contribution in [3.05, 3.63) is 65.5 Å². The molecule has 0 spiro atoms. The molecule has 0 unspecified atom stereocenters. The van der Waals surface area contributed by atoms with E-state index >= 15 is 0 Å². The number of piperidine rings is 1. The van der Waals surface area contributed by atoms with Gasteiger partial charge in [0.1, 0.15) is 0 Å². The largest absolute Gasteiger partial charge is 0.326 e. The lowest BCUT2D eigenvalue weighted by atomic mass is 10.1. The topological polar surface area (TPSA) is 79.6 Å². The van der Waals surface area contributed by atoms with Gasteiger partial charge < -0.3 is 10.2 Å². The van der Waals surface area contributed by atoms with Crippen LogP contribution < -0.4 is 10.2 Å². The summed E-state index contributed by atoms with van der Waals surface area (Å²) < 4.78 is 1.88. The van der Waals surface area contributed by atoms with Crippen molar-refractivity contribution >= 4 is 39.7 Å². The van der Waals surface area contributed by atoms with E-state index in [1.165, 1.54) is 0 Å². The first kappa shape index (κ1) is 21.1. The first-order valence-corrected chi connectivity index (χ1v) is 11.4. The zero-order valence-electron chi connectivity index (χ0n) is 19.0. The summed E-state index contributed by atoms with van der Waals surface area (Å²) in [5, 5.41) is 8.71.